The van der Waals surface area contributed by atoms with E-state index in [2.05, 4.69) is 5.32 Å². The maximum atomic E-state index is 14.2. The van der Waals surface area contributed by atoms with Gasteiger partial charge in [-0.3, -0.25) is 14.5 Å². The number of hydrogen-bond acceptors (Lipinski definition) is 3. The monoisotopic (exact) mass is 401 g/mol. The van der Waals surface area contributed by atoms with Crippen LogP contribution in [0.25, 0.3) is 0 Å². The number of carbonyl (C=O) groups is 3. The lowest BCUT2D eigenvalue weighted by Crippen LogP contribution is -2.44. The SMILES string of the molecule is Cc1ccc(CN(C)C(=O)CN2C(=O)N[C@@](C)(c3cc(F)ccc3F)C2=O)cc1. The van der Waals surface area contributed by atoms with Crippen molar-refractivity contribution in [3.8, 4) is 0 Å². The van der Waals surface area contributed by atoms with Gasteiger partial charge in [0.25, 0.3) is 5.91 Å². The van der Waals surface area contributed by atoms with Gasteiger partial charge in [0, 0.05) is 19.2 Å². The Morgan fingerprint density at radius 2 is 1.79 bits per heavy atom. The predicted molar refractivity (Wildman–Crippen MR) is 102 cm³/mol. The molecular weight excluding hydrogens is 380 g/mol. The smallest absolute Gasteiger partial charge is 0.325 e. The summed E-state index contributed by atoms with van der Waals surface area (Å²) in [6, 6.07) is 9.45. The first-order valence-electron chi connectivity index (χ1n) is 9.01. The summed E-state index contributed by atoms with van der Waals surface area (Å²) in [6.07, 6.45) is 0. The number of urea groups is 1. The highest BCUT2D eigenvalue weighted by molar-refractivity contribution is 6.09. The van der Waals surface area contributed by atoms with Crippen LogP contribution in [0.4, 0.5) is 13.6 Å². The number of rotatable bonds is 5. The van der Waals surface area contributed by atoms with Crippen molar-refractivity contribution in [1.82, 2.24) is 15.1 Å². The molecule has 1 fully saturated rings. The minimum Gasteiger partial charge on any atom is -0.340 e. The average molecular weight is 401 g/mol. The summed E-state index contributed by atoms with van der Waals surface area (Å²) in [5.74, 6) is -2.84. The van der Waals surface area contributed by atoms with Gasteiger partial charge in [-0.25, -0.2) is 13.6 Å². The summed E-state index contributed by atoms with van der Waals surface area (Å²) in [6.45, 7) is 3.04. The maximum absolute atomic E-state index is 14.2. The normalized spacial score (nSPS) is 18.7. The van der Waals surface area contributed by atoms with Crippen LogP contribution in [0, 0.1) is 18.6 Å². The van der Waals surface area contributed by atoms with E-state index < -0.39 is 41.6 Å². The Balaban J connectivity index is 1.75. The summed E-state index contributed by atoms with van der Waals surface area (Å²) in [5, 5.41) is 2.37. The van der Waals surface area contributed by atoms with Crippen molar-refractivity contribution in [2.45, 2.75) is 25.9 Å². The Hall–Kier alpha value is -3.29. The highest BCUT2D eigenvalue weighted by Crippen LogP contribution is 2.31. The maximum Gasteiger partial charge on any atom is 0.325 e. The van der Waals surface area contributed by atoms with Gasteiger partial charge in [-0.05, 0) is 37.6 Å². The van der Waals surface area contributed by atoms with E-state index in [0.717, 1.165) is 34.2 Å². The number of nitrogens with one attached hydrogen (secondary N) is 1. The molecule has 0 unspecified atom stereocenters. The molecular formula is C21H21F2N3O3. The number of benzene rings is 2. The predicted octanol–water partition coefficient (Wildman–Crippen LogP) is 2.70. The molecule has 0 aliphatic carbocycles. The van der Waals surface area contributed by atoms with Crippen LogP contribution in [0.15, 0.2) is 42.5 Å². The molecule has 29 heavy (non-hydrogen) atoms. The summed E-state index contributed by atoms with van der Waals surface area (Å²) >= 11 is 0. The molecule has 8 heteroatoms. The molecule has 1 aliphatic heterocycles. The van der Waals surface area contributed by atoms with Crippen molar-refractivity contribution in [3.05, 3.63) is 70.8 Å². The molecule has 1 N–H and O–H groups in total. The lowest BCUT2D eigenvalue weighted by molar-refractivity contribution is -0.138. The number of likely N-dealkylation sites (N-methyl/N-ethyl adjacent to an activating group) is 1. The molecule has 152 valence electrons. The number of amides is 4. The van der Waals surface area contributed by atoms with E-state index in [1.54, 1.807) is 7.05 Å². The van der Waals surface area contributed by atoms with Gasteiger partial charge in [-0.15, -0.1) is 0 Å². The Morgan fingerprint density at radius 1 is 1.14 bits per heavy atom. The molecule has 0 bridgehead atoms. The quantitative estimate of drug-likeness (QED) is 0.784. The first-order chi connectivity index (χ1) is 13.6. The van der Waals surface area contributed by atoms with Gasteiger partial charge in [-0.2, -0.15) is 0 Å². The van der Waals surface area contributed by atoms with Crippen LogP contribution >= 0.6 is 0 Å². The molecule has 6 nitrogen and oxygen atoms in total. The van der Waals surface area contributed by atoms with Crippen LogP contribution in [0.1, 0.15) is 23.6 Å². The standard InChI is InChI=1S/C21H21F2N3O3/c1-13-4-6-14(7-5-13)11-25(3)18(27)12-26-19(28)21(2,24-20(26)29)16-10-15(22)8-9-17(16)23/h4-10H,11-12H2,1-3H3,(H,24,29)/t21-/m0/s1. The summed E-state index contributed by atoms with van der Waals surface area (Å²) in [4.78, 5) is 39.8. The van der Waals surface area contributed by atoms with E-state index in [0.29, 0.717) is 6.54 Å². The molecule has 1 aliphatic rings. The van der Waals surface area contributed by atoms with E-state index >= 15 is 0 Å². The third-order valence-electron chi connectivity index (χ3n) is 5.00. The minimum absolute atomic E-state index is 0.293. The number of nitrogens with zero attached hydrogens (tertiary/aromatic N) is 2. The molecule has 2 aromatic carbocycles. The van der Waals surface area contributed by atoms with Crippen molar-refractivity contribution in [1.29, 1.82) is 0 Å². The topological polar surface area (TPSA) is 69.7 Å². The van der Waals surface area contributed by atoms with E-state index in [4.69, 9.17) is 0 Å². The Kier molecular flexibility index (Phi) is 5.37. The zero-order valence-electron chi connectivity index (χ0n) is 16.3. The van der Waals surface area contributed by atoms with E-state index in [1.807, 2.05) is 31.2 Å². The van der Waals surface area contributed by atoms with E-state index in [1.165, 1.54) is 11.8 Å². The van der Waals surface area contributed by atoms with Crippen LogP contribution in [-0.4, -0.2) is 41.2 Å². The Labute approximate surface area is 167 Å². The number of hydrogen-bond donors (Lipinski definition) is 1. The third kappa shape index (κ3) is 3.96. The van der Waals surface area contributed by atoms with Gasteiger partial charge in [0.2, 0.25) is 5.91 Å². The van der Waals surface area contributed by atoms with Crippen LogP contribution in [-0.2, 0) is 21.7 Å². The van der Waals surface area contributed by atoms with Gasteiger partial charge in [0.1, 0.15) is 23.7 Å². The molecule has 0 radical (unpaired) electrons. The highest BCUT2D eigenvalue weighted by Gasteiger charge is 2.51. The molecule has 2 aromatic rings. The molecule has 0 spiro atoms. The van der Waals surface area contributed by atoms with Crippen LogP contribution < -0.4 is 5.32 Å². The van der Waals surface area contributed by atoms with Gasteiger partial charge in [0.15, 0.2) is 0 Å². The third-order valence-corrected chi connectivity index (χ3v) is 5.00. The summed E-state index contributed by atoms with van der Waals surface area (Å²) in [7, 11) is 1.56. The fourth-order valence-corrected chi connectivity index (χ4v) is 3.22. The van der Waals surface area contributed by atoms with Crippen molar-refractivity contribution < 1.29 is 23.2 Å². The van der Waals surface area contributed by atoms with E-state index in [-0.39, 0.29) is 5.56 Å². The fourth-order valence-electron chi connectivity index (χ4n) is 3.22. The van der Waals surface area contributed by atoms with Crippen LogP contribution in [0.3, 0.4) is 0 Å². The van der Waals surface area contributed by atoms with Crippen molar-refractivity contribution in [2.75, 3.05) is 13.6 Å². The summed E-state index contributed by atoms with van der Waals surface area (Å²) in [5.41, 5.74) is -0.0981. The van der Waals surface area contributed by atoms with Gasteiger partial charge in [-0.1, -0.05) is 29.8 Å². The van der Waals surface area contributed by atoms with Gasteiger partial charge in [0.05, 0.1) is 0 Å². The van der Waals surface area contributed by atoms with Gasteiger partial charge < -0.3 is 10.2 Å². The van der Waals surface area contributed by atoms with Gasteiger partial charge >= 0.3 is 6.03 Å². The molecule has 0 saturated carbocycles. The first-order valence-corrected chi connectivity index (χ1v) is 9.01. The molecule has 1 heterocycles. The average Bonchev–Trinajstić information content (AvgIpc) is 2.89. The van der Waals surface area contributed by atoms with Crippen molar-refractivity contribution in [2.24, 2.45) is 0 Å². The molecule has 1 saturated heterocycles. The first kappa shape index (κ1) is 20.4. The minimum atomic E-state index is -1.79. The van der Waals surface area contributed by atoms with Crippen molar-refractivity contribution >= 4 is 17.8 Å². The Bertz CT molecular complexity index is 978. The number of carbonyl (C=O) groups excluding carboxylic acids is 3. The lowest BCUT2D eigenvalue weighted by Gasteiger charge is -2.23. The van der Waals surface area contributed by atoms with Crippen LogP contribution in [0.2, 0.25) is 0 Å². The summed E-state index contributed by atoms with van der Waals surface area (Å²) < 4.78 is 27.8. The second-order valence-corrected chi connectivity index (χ2v) is 7.31. The largest absolute Gasteiger partial charge is 0.340 e. The number of halogens is 2. The second kappa shape index (κ2) is 7.62. The van der Waals surface area contributed by atoms with Crippen LogP contribution in [0.5, 0.6) is 0 Å². The zero-order chi connectivity index (χ0) is 21.3. The Morgan fingerprint density at radius 3 is 2.45 bits per heavy atom. The highest BCUT2D eigenvalue weighted by atomic mass is 19.1. The molecule has 1 atom stereocenters. The second-order valence-electron chi connectivity index (χ2n) is 7.31. The molecule has 3 rings (SSSR count). The van der Waals surface area contributed by atoms with Crippen molar-refractivity contribution in [3.63, 3.8) is 0 Å². The molecule has 0 aromatic heterocycles. The fraction of sp³-hybridized carbons (Fsp3) is 0.286. The lowest BCUT2D eigenvalue weighted by atomic mass is 9.91. The number of aryl methyl sites for hydroxylation is 1. The number of imide groups is 1. The molecule has 4 amide bonds. The zero-order valence-corrected chi connectivity index (χ0v) is 16.3. The van der Waals surface area contributed by atoms with E-state index in [9.17, 15) is 23.2 Å².